The van der Waals surface area contributed by atoms with Gasteiger partial charge in [0.1, 0.15) is 0 Å². The number of nitrogens with zero attached hydrogens (tertiary/aromatic N) is 1. The molecular weight excluding hydrogens is 418 g/mol. The Morgan fingerprint density at radius 1 is 1.06 bits per heavy atom. The molecule has 0 spiro atoms. The van der Waals surface area contributed by atoms with Crippen molar-refractivity contribution in [3.8, 4) is 0 Å². The first-order chi connectivity index (χ1) is 16.0. The van der Waals surface area contributed by atoms with Crippen LogP contribution in [0.25, 0.3) is 0 Å². The number of carbonyl (C=O) groups excluding carboxylic acids is 2. The number of carbonyl (C=O) groups is 2. The van der Waals surface area contributed by atoms with Gasteiger partial charge in [-0.3, -0.25) is 9.59 Å². The van der Waals surface area contributed by atoms with Gasteiger partial charge >= 0.3 is 0 Å². The quantitative estimate of drug-likeness (QED) is 0.569. The van der Waals surface area contributed by atoms with Crippen molar-refractivity contribution in [2.45, 2.75) is 44.4 Å². The fraction of sp³-hybridized carbons (Fsp3) is 0.462. The predicted molar refractivity (Wildman–Crippen MR) is 126 cm³/mol. The number of nitrogens with one attached hydrogen (secondary N) is 2. The zero-order valence-electron chi connectivity index (χ0n) is 19.1. The van der Waals surface area contributed by atoms with Gasteiger partial charge < -0.3 is 25.4 Å². The number of aliphatic hydroxyl groups excluding tert-OH is 1. The SMILES string of the molecule is CC[C@@H]1COCCN1C(=O)c1ccc(C(=O)NCC(O)CNC2Cc3ccccc3C2)cc1. The van der Waals surface area contributed by atoms with Crippen molar-refractivity contribution in [3.63, 3.8) is 0 Å². The third kappa shape index (κ3) is 5.79. The van der Waals surface area contributed by atoms with Crippen LogP contribution in [0.15, 0.2) is 48.5 Å². The Balaban J connectivity index is 1.22. The molecule has 1 fully saturated rings. The first-order valence-corrected chi connectivity index (χ1v) is 11.8. The van der Waals surface area contributed by atoms with Crippen molar-refractivity contribution in [2.24, 2.45) is 0 Å². The lowest BCUT2D eigenvalue weighted by molar-refractivity contribution is -0.00280. The van der Waals surface area contributed by atoms with E-state index in [4.69, 9.17) is 4.74 Å². The molecule has 2 aromatic carbocycles. The molecule has 7 nitrogen and oxygen atoms in total. The first-order valence-electron chi connectivity index (χ1n) is 11.8. The Morgan fingerprint density at radius 2 is 1.73 bits per heavy atom. The summed E-state index contributed by atoms with van der Waals surface area (Å²) >= 11 is 0. The molecule has 0 radical (unpaired) electrons. The van der Waals surface area contributed by atoms with Crippen LogP contribution in [0, 0.1) is 0 Å². The number of hydrogen-bond donors (Lipinski definition) is 3. The maximum Gasteiger partial charge on any atom is 0.254 e. The normalized spacial score (nSPS) is 19.2. The molecule has 2 aromatic rings. The van der Waals surface area contributed by atoms with E-state index < -0.39 is 6.10 Å². The van der Waals surface area contributed by atoms with Crippen molar-refractivity contribution in [1.29, 1.82) is 0 Å². The van der Waals surface area contributed by atoms with Gasteiger partial charge in [-0.1, -0.05) is 31.2 Å². The molecule has 1 aliphatic carbocycles. The van der Waals surface area contributed by atoms with Gasteiger partial charge in [-0.25, -0.2) is 0 Å². The van der Waals surface area contributed by atoms with Gasteiger partial charge in [0.05, 0.1) is 25.4 Å². The number of aliphatic hydroxyl groups is 1. The average Bonchev–Trinajstić information content (AvgIpc) is 3.28. The molecule has 33 heavy (non-hydrogen) atoms. The largest absolute Gasteiger partial charge is 0.390 e. The molecule has 1 aliphatic heterocycles. The minimum atomic E-state index is -0.675. The monoisotopic (exact) mass is 451 g/mol. The van der Waals surface area contributed by atoms with Crippen LogP contribution in [0.3, 0.4) is 0 Å². The van der Waals surface area contributed by atoms with Crippen molar-refractivity contribution < 1.29 is 19.4 Å². The van der Waals surface area contributed by atoms with Gasteiger partial charge in [0.2, 0.25) is 0 Å². The van der Waals surface area contributed by atoms with Crippen LogP contribution in [-0.4, -0.2) is 72.9 Å². The van der Waals surface area contributed by atoms with Crippen LogP contribution < -0.4 is 10.6 Å². The fourth-order valence-corrected chi connectivity index (χ4v) is 4.58. The van der Waals surface area contributed by atoms with Crippen molar-refractivity contribution in [2.75, 3.05) is 32.8 Å². The molecule has 1 unspecified atom stereocenters. The van der Waals surface area contributed by atoms with Crippen LogP contribution in [-0.2, 0) is 17.6 Å². The molecule has 0 saturated carbocycles. The lowest BCUT2D eigenvalue weighted by atomic mass is 10.1. The molecule has 2 amide bonds. The summed E-state index contributed by atoms with van der Waals surface area (Å²) < 4.78 is 5.48. The third-order valence-corrected chi connectivity index (χ3v) is 6.55. The molecule has 0 bridgehead atoms. The van der Waals surface area contributed by atoms with Gasteiger partial charge in [0, 0.05) is 36.8 Å². The Bertz CT molecular complexity index is 937. The van der Waals surface area contributed by atoms with Crippen LogP contribution in [0.2, 0.25) is 0 Å². The lowest BCUT2D eigenvalue weighted by Crippen LogP contribution is -2.48. The maximum atomic E-state index is 12.8. The number of ether oxygens (including phenoxy) is 1. The summed E-state index contributed by atoms with van der Waals surface area (Å²) in [6, 6.07) is 15.5. The molecule has 2 atom stereocenters. The van der Waals surface area contributed by atoms with Crippen LogP contribution in [0.5, 0.6) is 0 Å². The van der Waals surface area contributed by atoms with Gasteiger partial charge in [0.25, 0.3) is 11.8 Å². The molecule has 1 heterocycles. The van der Waals surface area contributed by atoms with Crippen molar-refractivity contribution >= 4 is 11.8 Å². The molecule has 7 heteroatoms. The van der Waals surface area contributed by atoms with Gasteiger partial charge in [-0.15, -0.1) is 0 Å². The number of rotatable bonds is 8. The predicted octanol–water partition coefficient (Wildman–Crippen LogP) is 1.79. The summed E-state index contributed by atoms with van der Waals surface area (Å²) in [5.74, 6) is -0.299. The number of fused-ring (bicyclic) bond motifs is 1. The second-order valence-corrected chi connectivity index (χ2v) is 8.86. The molecule has 3 N–H and O–H groups in total. The maximum absolute atomic E-state index is 12.8. The zero-order valence-corrected chi connectivity index (χ0v) is 19.1. The Kier molecular flexibility index (Phi) is 7.75. The standard InChI is InChI=1S/C26H33N3O4/c1-2-23-17-33-12-11-29(23)26(32)19-9-7-18(8-10-19)25(31)28-16-24(30)15-27-22-13-20-5-3-4-6-21(20)14-22/h3-10,22-24,27,30H,2,11-17H2,1H3,(H,28,31)/t23-,24?/m1/s1. The Hall–Kier alpha value is -2.74. The summed E-state index contributed by atoms with van der Waals surface area (Å²) in [6.45, 7) is 4.33. The van der Waals surface area contributed by atoms with E-state index in [1.54, 1.807) is 24.3 Å². The lowest BCUT2D eigenvalue weighted by Gasteiger charge is -2.35. The number of benzene rings is 2. The van der Waals surface area contributed by atoms with E-state index in [1.165, 1.54) is 11.1 Å². The highest BCUT2D eigenvalue weighted by Gasteiger charge is 2.27. The second kappa shape index (κ2) is 10.9. The van der Waals surface area contributed by atoms with E-state index in [2.05, 4.69) is 34.9 Å². The van der Waals surface area contributed by atoms with E-state index in [9.17, 15) is 14.7 Å². The third-order valence-electron chi connectivity index (χ3n) is 6.55. The summed E-state index contributed by atoms with van der Waals surface area (Å²) in [6.07, 6.45) is 2.09. The number of morpholine rings is 1. The van der Waals surface area contributed by atoms with Crippen LogP contribution >= 0.6 is 0 Å². The van der Waals surface area contributed by atoms with E-state index in [-0.39, 0.29) is 24.4 Å². The van der Waals surface area contributed by atoms with Crippen LogP contribution in [0.4, 0.5) is 0 Å². The summed E-state index contributed by atoms with van der Waals surface area (Å²) in [5.41, 5.74) is 3.75. The summed E-state index contributed by atoms with van der Waals surface area (Å²) in [7, 11) is 0. The minimum Gasteiger partial charge on any atom is -0.390 e. The van der Waals surface area contributed by atoms with Crippen molar-refractivity contribution in [1.82, 2.24) is 15.5 Å². The molecule has 4 rings (SSSR count). The zero-order chi connectivity index (χ0) is 23.2. The minimum absolute atomic E-state index is 0.0346. The number of amides is 2. The van der Waals surface area contributed by atoms with Crippen LogP contribution in [0.1, 0.15) is 45.2 Å². The van der Waals surface area contributed by atoms with Gasteiger partial charge in [0.15, 0.2) is 0 Å². The molecule has 0 aromatic heterocycles. The number of hydrogen-bond acceptors (Lipinski definition) is 5. The smallest absolute Gasteiger partial charge is 0.254 e. The first kappa shape index (κ1) is 23.4. The highest BCUT2D eigenvalue weighted by atomic mass is 16.5. The summed E-state index contributed by atoms with van der Waals surface area (Å²) in [5, 5.41) is 16.5. The Labute approximate surface area is 195 Å². The average molecular weight is 452 g/mol. The molecule has 1 saturated heterocycles. The van der Waals surface area contributed by atoms with Gasteiger partial charge in [-0.2, -0.15) is 0 Å². The van der Waals surface area contributed by atoms with E-state index in [0.29, 0.717) is 43.5 Å². The second-order valence-electron chi connectivity index (χ2n) is 8.86. The van der Waals surface area contributed by atoms with E-state index in [1.807, 2.05) is 11.8 Å². The van der Waals surface area contributed by atoms with E-state index >= 15 is 0 Å². The molecular formula is C26H33N3O4. The molecule has 2 aliphatic rings. The Morgan fingerprint density at radius 3 is 2.39 bits per heavy atom. The fourth-order valence-electron chi connectivity index (χ4n) is 4.58. The van der Waals surface area contributed by atoms with Crippen molar-refractivity contribution in [3.05, 3.63) is 70.8 Å². The highest BCUT2D eigenvalue weighted by molar-refractivity contribution is 5.98. The van der Waals surface area contributed by atoms with E-state index in [0.717, 1.165) is 19.3 Å². The van der Waals surface area contributed by atoms with Gasteiger partial charge in [-0.05, 0) is 54.7 Å². The summed E-state index contributed by atoms with van der Waals surface area (Å²) in [4.78, 5) is 27.2. The topological polar surface area (TPSA) is 90.9 Å². The highest BCUT2D eigenvalue weighted by Crippen LogP contribution is 2.21. The molecule has 176 valence electrons.